The molecule has 0 amide bonds. The second kappa shape index (κ2) is 10.7. The molecule has 0 aliphatic carbocycles. The number of ether oxygens (including phenoxy) is 2. The lowest BCUT2D eigenvalue weighted by atomic mass is 9.90. The summed E-state index contributed by atoms with van der Waals surface area (Å²) in [4.78, 5) is 4.70. The molecule has 1 aromatic rings. The second-order valence-electron chi connectivity index (χ2n) is 6.99. The van der Waals surface area contributed by atoms with Gasteiger partial charge in [-0.15, -0.1) is 11.6 Å². The van der Waals surface area contributed by atoms with E-state index in [9.17, 15) is 0 Å². The Balaban J connectivity index is 1.74. The number of rotatable bonds is 12. The van der Waals surface area contributed by atoms with Gasteiger partial charge >= 0.3 is 0 Å². The standard InChI is InChI=1S/C21H32ClNO2/c1-3-4-5-6-7-16-24-20-10-8-19(9-11-20)12-13-21(14-15-22)17-25-18(2)23-21/h8-11H,3-7,12-17H2,1-2H3. The molecule has 0 aromatic heterocycles. The van der Waals surface area contributed by atoms with Gasteiger partial charge < -0.3 is 9.47 Å². The van der Waals surface area contributed by atoms with E-state index in [4.69, 9.17) is 26.1 Å². The molecule has 0 fully saturated rings. The first kappa shape index (κ1) is 20.1. The first-order valence-electron chi connectivity index (χ1n) is 9.64. The number of benzene rings is 1. The normalized spacial score (nSPS) is 19.6. The van der Waals surface area contributed by atoms with Gasteiger partial charge in [0.15, 0.2) is 5.90 Å². The fourth-order valence-corrected chi connectivity index (χ4v) is 3.57. The van der Waals surface area contributed by atoms with Crippen molar-refractivity contribution in [2.24, 2.45) is 4.99 Å². The molecule has 4 heteroatoms. The van der Waals surface area contributed by atoms with E-state index in [1.165, 1.54) is 31.2 Å². The highest BCUT2D eigenvalue weighted by Crippen LogP contribution is 2.29. The summed E-state index contributed by atoms with van der Waals surface area (Å²) in [5.41, 5.74) is 1.17. The van der Waals surface area contributed by atoms with E-state index in [-0.39, 0.29) is 5.54 Å². The van der Waals surface area contributed by atoms with Crippen LogP contribution in [-0.4, -0.2) is 30.5 Å². The van der Waals surface area contributed by atoms with Gasteiger partial charge in [0.2, 0.25) is 0 Å². The SMILES string of the molecule is CCCCCCCOc1ccc(CCC2(CCCl)COC(C)=N2)cc1. The Morgan fingerprint density at radius 3 is 2.52 bits per heavy atom. The van der Waals surface area contributed by atoms with E-state index in [1.807, 2.05) is 6.92 Å². The minimum atomic E-state index is -0.139. The van der Waals surface area contributed by atoms with E-state index >= 15 is 0 Å². The van der Waals surface area contributed by atoms with Crippen LogP contribution < -0.4 is 4.74 Å². The summed E-state index contributed by atoms with van der Waals surface area (Å²) in [6.07, 6.45) is 9.14. The van der Waals surface area contributed by atoms with Crippen LogP contribution in [0.2, 0.25) is 0 Å². The van der Waals surface area contributed by atoms with Crippen LogP contribution in [-0.2, 0) is 11.2 Å². The Kier molecular flexibility index (Phi) is 8.60. The highest BCUT2D eigenvalue weighted by molar-refractivity contribution is 6.17. The van der Waals surface area contributed by atoms with Gasteiger partial charge in [-0.3, -0.25) is 0 Å². The topological polar surface area (TPSA) is 30.8 Å². The lowest BCUT2D eigenvalue weighted by molar-refractivity contribution is 0.238. The van der Waals surface area contributed by atoms with E-state index in [1.54, 1.807) is 0 Å². The molecule has 2 rings (SSSR count). The Morgan fingerprint density at radius 1 is 1.12 bits per heavy atom. The largest absolute Gasteiger partial charge is 0.494 e. The Morgan fingerprint density at radius 2 is 1.88 bits per heavy atom. The third-order valence-corrected chi connectivity index (χ3v) is 5.01. The zero-order valence-corrected chi connectivity index (χ0v) is 16.5. The van der Waals surface area contributed by atoms with Gasteiger partial charge in [0.1, 0.15) is 12.4 Å². The molecular weight excluding hydrogens is 334 g/mol. The number of aliphatic imine (C=N–C) groups is 1. The molecule has 0 saturated heterocycles. The molecule has 1 heterocycles. The molecular formula is C21H32ClNO2. The van der Waals surface area contributed by atoms with Gasteiger partial charge in [-0.2, -0.15) is 0 Å². The first-order chi connectivity index (χ1) is 12.2. The number of unbranched alkanes of at least 4 members (excludes halogenated alkanes) is 4. The van der Waals surface area contributed by atoms with Crippen LogP contribution in [0.1, 0.15) is 64.4 Å². The molecule has 0 saturated carbocycles. The van der Waals surface area contributed by atoms with Gasteiger partial charge in [-0.25, -0.2) is 4.99 Å². The van der Waals surface area contributed by atoms with Crippen molar-refractivity contribution in [3.8, 4) is 5.75 Å². The molecule has 3 nitrogen and oxygen atoms in total. The van der Waals surface area contributed by atoms with Crippen molar-refractivity contribution in [1.82, 2.24) is 0 Å². The predicted molar refractivity (Wildman–Crippen MR) is 106 cm³/mol. The van der Waals surface area contributed by atoms with Crippen LogP contribution in [0.3, 0.4) is 0 Å². The molecule has 25 heavy (non-hydrogen) atoms. The molecule has 140 valence electrons. The highest BCUT2D eigenvalue weighted by atomic mass is 35.5. The van der Waals surface area contributed by atoms with Gasteiger partial charge in [0.25, 0.3) is 0 Å². The Bertz CT molecular complexity index is 529. The van der Waals surface area contributed by atoms with Crippen molar-refractivity contribution in [1.29, 1.82) is 0 Å². The van der Waals surface area contributed by atoms with Crippen LogP contribution in [0.25, 0.3) is 0 Å². The van der Waals surface area contributed by atoms with E-state index in [0.29, 0.717) is 12.5 Å². The minimum absolute atomic E-state index is 0.139. The van der Waals surface area contributed by atoms with Crippen molar-refractivity contribution < 1.29 is 9.47 Å². The van der Waals surface area contributed by atoms with Crippen LogP contribution in [0, 0.1) is 0 Å². The fourth-order valence-electron chi connectivity index (χ4n) is 3.22. The maximum absolute atomic E-state index is 5.97. The zero-order valence-electron chi connectivity index (χ0n) is 15.7. The Hall–Kier alpha value is -1.22. The van der Waals surface area contributed by atoms with Gasteiger partial charge in [-0.1, -0.05) is 44.7 Å². The molecule has 1 aromatic carbocycles. The van der Waals surface area contributed by atoms with Gasteiger partial charge in [0.05, 0.1) is 12.1 Å². The lowest BCUT2D eigenvalue weighted by Gasteiger charge is -2.23. The van der Waals surface area contributed by atoms with Crippen LogP contribution in [0.15, 0.2) is 29.3 Å². The van der Waals surface area contributed by atoms with Crippen LogP contribution >= 0.6 is 11.6 Å². The number of alkyl halides is 1. The third kappa shape index (κ3) is 6.89. The van der Waals surface area contributed by atoms with Crippen molar-refractivity contribution in [2.45, 2.75) is 70.8 Å². The summed E-state index contributed by atoms with van der Waals surface area (Å²) < 4.78 is 11.4. The Labute approximate surface area is 157 Å². The number of aryl methyl sites for hydroxylation is 1. The second-order valence-corrected chi connectivity index (χ2v) is 7.37. The maximum Gasteiger partial charge on any atom is 0.180 e. The summed E-state index contributed by atoms with van der Waals surface area (Å²) in [6.45, 7) is 5.63. The lowest BCUT2D eigenvalue weighted by Crippen LogP contribution is -2.29. The van der Waals surface area contributed by atoms with E-state index < -0.39 is 0 Å². The maximum atomic E-state index is 5.97. The third-order valence-electron chi connectivity index (χ3n) is 4.82. The monoisotopic (exact) mass is 365 g/mol. The number of nitrogens with zero attached hydrogens (tertiary/aromatic N) is 1. The molecule has 0 radical (unpaired) electrons. The summed E-state index contributed by atoms with van der Waals surface area (Å²) >= 11 is 5.97. The van der Waals surface area contributed by atoms with Gasteiger partial charge in [-0.05, 0) is 43.4 Å². The average Bonchev–Trinajstić information content (AvgIpc) is 2.99. The number of halogens is 1. The smallest absolute Gasteiger partial charge is 0.180 e. The summed E-state index contributed by atoms with van der Waals surface area (Å²) in [6, 6.07) is 8.48. The zero-order chi connectivity index (χ0) is 18.0. The van der Waals surface area contributed by atoms with Crippen molar-refractivity contribution >= 4 is 17.5 Å². The van der Waals surface area contributed by atoms with Gasteiger partial charge in [0, 0.05) is 12.8 Å². The number of hydrogen-bond donors (Lipinski definition) is 0. The van der Waals surface area contributed by atoms with E-state index in [0.717, 1.165) is 43.9 Å². The molecule has 0 bridgehead atoms. The average molecular weight is 366 g/mol. The molecule has 1 unspecified atom stereocenters. The quantitative estimate of drug-likeness (QED) is 0.347. The molecule has 0 spiro atoms. The highest BCUT2D eigenvalue weighted by Gasteiger charge is 2.34. The van der Waals surface area contributed by atoms with E-state index in [2.05, 4.69) is 31.2 Å². The van der Waals surface area contributed by atoms with Crippen LogP contribution in [0.4, 0.5) is 0 Å². The molecule has 1 atom stereocenters. The molecule has 0 N–H and O–H groups in total. The van der Waals surface area contributed by atoms with Crippen molar-refractivity contribution in [2.75, 3.05) is 19.1 Å². The molecule has 1 aliphatic heterocycles. The van der Waals surface area contributed by atoms with Crippen LogP contribution in [0.5, 0.6) is 5.75 Å². The van der Waals surface area contributed by atoms with Crippen molar-refractivity contribution in [3.63, 3.8) is 0 Å². The summed E-state index contributed by atoms with van der Waals surface area (Å²) in [7, 11) is 0. The number of hydrogen-bond acceptors (Lipinski definition) is 3. The first-order valence-corrected chi connectivity index (χ1v) is 10.2. The van der Waals surface area contributed by atoms with Crippen molar-refractivity contribution in [3.05, 3.63) is 29.8 Å². The summed E-state index contributed by atoms with van der Waals surface area (Å²) in [5, 5.41) is 0. The molecule has 1 aliphatic rings. The predicted octanol–water partition coefficient (Wildman–Crippen LogP) is 5.78. The fraction of sp³-hybridized carbons (Fsp3) is 0.667. The summed E-state index contributed by atoms with van der Waals surface area (Å²) in [5.74, 6) is 2.37. The minimum Gasteiger partial charge on any atom is -0.494 e.